The molecule has 2 rings (SSSR count). The van der Waals surface area contributed by atoms with Crippen molar-refractivity contribution < 1.29 is 27.9 Å². The first-order valence-corrected chi connectivity index (χ1v) is 23.4. The molecule has 1 aliphatic heterocycles. The van der Waals surface area contributed by atoms with E-state index in [-0.39, 0.29) is 35.0 Å². The molecule has 0 saturated heterocycles. The van der Waals surface area contributed by atoms with Crippen LogP contribution < -0.4 is 9.47 Å². The van der Waals surface area contributed by atoms with Gasteiger partial charge in [0, 0.05) is 31.2 Å². The predicted octanol–water partition coefficient (Wildman–Crippen LogP) is 10.5. The Morgan fingerprint density at radius 3 is 2.02 bits per heavy atom. The van der Waals surface area contributed by atoms with Crippen LogP contribution in [-0.4, -0.2) is 55.1 Å². The summed E-state index contributed by atoms with van der Waals surface area (Å²) in [6.45, 7) is 31.5. The molecule has 0 N–H and O–H groups in total. The highest BCUT2D eigenvalue weighted by atomic mass is 28.4. The zero-order chi connectivity index (χ0) is 37.5. The number of hydrogen-bond donors (Lipinski definition) is 0. The van der Waals surface area contributed by atoms with Crippen LogP contribution in [0.4, 0.5) is 0 Å². The molecule has 0 saturated carbocycles. The van der Waals surface area contributed by atoms with E-state index >= 15 is 0 Å². The second-order valence-corrected chi connectivity index (χ2v) is 27.0. The first kappa shape index (κ1) is 42.9. The Labute approximate surface area is 302 Å². The summed E-state index contributed by atoms with van der Waals surface area (Å²) in [5, 5.41) is 0.00504. The lowest BCUT2D eigenvalue weighted by molar-refractivity contribution is -0.0215. The molecule has 0 unspecified atom stereocenters. The highest BCUT2D eigenvalue weighted by molar-refractivity contribution is 6.77. The van der Waals surface area contributed by atoms with E-state index in [4.69, 9.17) is 29.5 Å². The van der Waals surface area contributed by atoms with Crippen molar-refractivity contribution in [3.63, 3.8) is 0 Å². The molecule has 6 atom stereocenters. The van der Waals surface area contributed by atoms with Crippen LogP contribution in [0.1, 0.15) is 118 Å². The number of esters is 1. The minimum Gasteiger partial charge on any atom is -0.497 e. The van der Waals surface area contributed by atoms with Crippen LogP contribution in [0.25, 0.3) is 0 Å². The monoisotopic (exact) mass is 712 g/mol. The first-order valence-electron chi connectivity index (χ1n) is 18.4. The van der Waals surface area contributed by atoms with Gasteiger partial charge in [0.25, 0.3) is 0 Å². The average molecular weight is 713 g/mol. The number of cyclic esters (lactones) is 1. The molecule has 0 aliphatic carbocycles. The molecule has 0 aromatic heterocycles. The van der Waals surface area contributed by atoms with Crippen LogP contribution in [0.2, 0.25) is 34.8 Å². The third-order valence-corrected chi connectivity index (χ3v) is 22.0. The lowest BCUT2D eigenvalue weighted by Crippen LogP contribution is -2.51. The van der Waals surface area contributed by atoms with Crippen LogP contribution in [0, 0.1) is 41.9 Å². The summed E-state index contributed by atoms with van der Waals surface area (Å²) in [4.78, 5) is 14.5. The highest BCUT2D eigenvalue weighted by Gasteiger charge is 2.48. The number of rotatable bonds is 13. The van der Waals surface area contributed by atoms with Crippen LogP contribution in [0.5, 0.6) is 11.5 Å². The van der Waals surface area contributed by atoms with Gasteiger partial charge in [-0.2, -0.15) is 0 Å². The largest absolute Gasteiger partial charge is 0.497 e. The summed E-state index contributed by atoms with van der Waals surface area (Å²) < 4.78 is 32.6. The molecule has 0 fully saturated rings. The van der Waals surface area contributed by atoms with Crippen LogP contribution in [0.15, 0.2) is 12.1 Å². The second kappa shape index (κ2) is 17.8. The fraction of sp³-hybridized carbons (Fsp3) is 0.732. The minimum absolute atomic E-state index is 0.00504. The van der Waals surface area contributed by atoms with Crippen LogP contribution in [0.3, 0.4) is 0 Å². The normalized spacial score (nSPS) is 21.3. The maximum atomic E-state index is 14.5. The van der Waals surface area contributed by atoms with Gasteiger partial charge in [0.2, 0.25) is 8.32 Å². The number of benzene rings is 1. The van der Waals surface area contributed by atoms with Crippen molar-refractivity contribution >= 4 is 22.6 Å². The molecule has 0 bridgehead atoms. The van der Waals surface area contributed by atoms with Crippen molar-refractivity contribution in [1.29, 1.82) is 0 Å². The van der Waals surface area contributed by atoms with E-state index in [0.29, 0.717) is 59.4 Å². The van der Waals surface area contributed by atoms with E-state index in [1.807, 2.05) is 6.07 Å². The summed E-state index contributed by atoms with van der Waals surface area (Å²) in [5.41, 5.74) is 2.46. The Kier molecular flexibility index (Phi) is 15.6. The summed E-state index contributed by atoms with van der Waals surface area (Å²) in [7, 11) is -1.25. The Morgan fingerprint density at radius 1 is 0.959 bits per heavy atom. The van der Waals surface area contributed by atoms with Crippen molar-refractivity contribution in [2.45, 2.75) is 162 Å². The smallest absolute Gasteiger partial charge is 0.342 e. The van der Waals surface area contributed by atoms with Gasteiger partial charge in [0.05, 0.1) is 26.4 Å². The molecule has 1 aromatic carbocycles. The molecule has 8 heteroatoms. The SMILES string of the molecule is C#CC[C@@H](C)[C@@H](O[Si](C)(C)C(C)(C)C)[C@H](C)[C@@H]1CC#CC[C@H](C)[C@H](O[Si](C(C)C)(C(C)C)C(C)C)Cc2cc(OC)cc(OC)c2C(=O)O1. The molecular weight excluding hydrogens is 645 g/mol. The Morgan fingerprint density at radius 2 is 1.53 bits per heavy atom. The lowest BCUT2D eigenvalue weighted by atomic mass is 9.86. The van der Waals surface area contributed by atoms with Gasteiger partial charge in [0.15, 0.2) is 8.32 Å². The molecule has 1 heterocycles. The van der Waals surface area contributed by atoms with E-state index in [2.05, 4.69) is 114 Å². The molecule has 1 aromatic rings. The number of terminal acetylenes is 1. The van der Waals surface area contributed by atoms with Crippen molar-refractivity contribution in [3.05, 3.63) is 23.3 Å². The van der Waals surface area contributed by atoms with Gasteiger partial charge >= 0.3 is 5.97 Å². The third-order valence-electron chi connectivity index (χ3n) is 11.4. The average Bonchev–Trinajstić information content (AvgIpc) is 3.00. The molecule has 0 radical (unpaired) electrons. The molecule has 276 valence electrons. The second-order valence-electron chi connectivity index (χ2n) is 16.8. The predicted molar refractivity (Wildman–Crippen MR) is 208 cm³/mol. The van der Waals surface area contributed by atoms with E-state index in [9.17, 15) is 4.79 Å². The maximum absolute atomic E-state index is 14.5. The minimum atomic E-state index is -2.27. The maximum Gasteiger partial charge on any atom is 0.342 e. The number of hydrogen-bond acceptors (Lipinski definition) is 6. The third kappa shape index (κ3) is 10.2. The fourth-order valence-corrected chi connectivity index (χ4v) is 14.5. The van der Waals surface area contributed by atoms with Crippen molar-refractivity contribution in [2.75, 3.05) is 14.2 Å². The number of methoxy groups -OCH3 is 2. The highest BCUT2D eigenvalue weighted by Crippen LogP contribution is 2.45. The van der Waals surface area contributed by atoms with Gasteiger partial charge < -0.3 is 23.1 Å². The summed E-state index contributed by atoms with van der Waals surface area (Å²) in [5.74, 6) is 10.4. The zero-order valence-electron chi connectivity index (χ0n) is 33.7. The van der Waals surface area contributed by atoms with E-state index in [1.165, 1.54) is 0 Å². The Hall–Kier alpha value is -2.24. The molecule has 0 amide bonds. The summed E-state index contributed by atoms with van der Waals surface area (Å²) >= 11 is 0. The summed E-state index contributed by atoms with van der Waals surface area (Å²) in [6.07, 6.45) is 7.09. The van der Waals surface area contributed by atoms with Gasteiger partial charge in [-0.1, -0.05) is 89.0 Å². The molecule has 0 spiro atoms. The first-order chi connectivity index (χ1) is 22.7. The molecule has 6 nitrogen and oxygen atoms in total. The molecule has 1 aliphatic rings. The van der Waals surface area contributed by atoms with E-state index in [1.54, 1.807) is 20.3 Å². The Bertz CT molecular complexity index is 1320. The molecule has 49 heavy (non-hydrogen) atoms. The number of ether oxygens (including phenoxy) is 3. The van der Waals surface area contributed by atoms with Gasteiger partial charge in [-0.05, 0) is 64.6 Å². The van der Waals surface area contributed by atoms with Gasteiger partial charge in [-0.25, -0.2) is 4.79 Å². The van der Waals surface area contributed by atoms with Crippen molar-refractivity contribution in [1.82, 2.24) is 0 Å². The standard InChI is InChI=1S/C41H68O6Si2/c1-18-21-31(9)39(47-48(16,17)41(11,12)13)32(10)35-23-20-19-22-30(8)36(46-49(27(2)3,28(4)5)29(6)7)25-33-24-34(43-14)26-37(44-15)38(33)40(42)45-35/h1,24,26-32,35-36,39H,21-23,25H2,2-17H3/t30-,31+,32+,35-,36+,39+/m0/s1. The Balaban J connectivity index is 2.76. The van der Waals surface area contributed by atoms with Crippen molar-refractivity contribution in [3.8, 4) is 35.7 Å². The zero-order valence-corrected chi connectivity index (χ0v) is 35.7. The quantitative estimate of drug-likeness (QED) is 0.115. The van der Waals surface area contributed by atoms with Gasteiger partial charge in [-0.3, -0.25) is 0 Å². The number of carbonyl (C=O) groups is 1. The van der Waals surface area contributed by atoms with Gasteiger partial charge in [-0.15, -0.1) is 18.3 Å². The summed E-state index contributed by atoms with van der Waals surface area (Å²) in [6, 6.07) is 3.71. The van der Waals surface area contributed by atoms with Gasteiger partial charge in [0.1, 0.15) is 23.2 Å². The topological polar surface area (TPSA) is 63.2 Å². The van der Waals surface area contributed by atoms with Crippen LogP contribution >= 0.6 is 0 Å². The number of fused-ring (bicyclic) bond motifs is 1. The van der Waals surface area contributed by atoms with Crippen LogP contribution in [-0.2, 0) is 20.0 Å². The van der Waals surface area contributed by atoms with E-state index in [0.717, 1.165) is 5.56 Å². The van der Waals surface area contributed by atoms with Crippen molar-refractivity contribution in [2.24, 2.45) is 17.8 Å². The lowest BCUT2D eigenvalue weighted by Gasteiger charge is -2.46. The number of carbonyl (C=O) groups excluding carboxylic acids is 1. The van der Waals surface area contributed by atoms with E-state index < -0.39 is 28.7 Å². The molecular formula is C41H68O6Si2. The fourth-order valence-electron chi connectivity index (χ4n) is 7.40.